The molecule has 70 valence electrons. The van der Waals surface area contributed by atoms with Gasteiger partial charge in [-0.2, -0.15) is 0 Å². The highest BCUT2D eigenvalue weighted by atomic mass is 17.1. The van der Waals surface area contributed by atoms with Crippen LogP contribution in [0.1, 0.15) is 0 Å². The molecule has 0 atom stereocenters. The van der Waals surface area contributed by atoms with Gasteiger partial charge in [-0.15, -0.1) is 0 Å². The Morgan fingerprint density at radius 1 is 0.667 bits per heavy atom. The molecule has 2 aliphatic rings. The molecule has 0 N–H and O–H groups in total. The first-order chi connectivity index (χ1) is 5.61. The van der Waals surface area contributed by atoms with Gasteiger partial charge in [-0.05, 0) is 0 Å². The van der Waals surface area contributed by atoms with E-state index in [1.807, 2.05) is 0 Å². The van der Waals surface area contributed by atoms with Crippen molar-refractivity contribution in [2.45, 2.75) is 12.3 Å². The second-order valence-corrected chi connectivity index (χ2v) is 2.13. The maximum Gasteiger partial charge on any atom is 0.119 e. The molecule has 2 aliphatic heterocycles. The van der Waals surface area contributed by atoms with Crippen LogP contribution in [-0.4, -0.2) is 33.2 Å². The molecule has 2 heterocycles. The summed E-state index contributed by atoms with van der Waals surface area (Å²) in [5.74, 6) is 0. The van der Waals surface area contributed by atoms with Crippen LogP contribution in [-0.2, 0) is 9.88 Å². The van der Waals surface area contributed by atoms with E-state index >= 15 is 0 Å². The van der Waals surface area contributed by atoms with E-state index in [0.29, 0.717) is 0 Å². The summed E-state index contributed by atoms with van der Waals surface area (Å²) in [5, 5.41) is 41.1. The zero-order valence-corrected chi connectivity index (χ0v) is 5.39. The molecule has 2 fully saturated rings. The largest absolute Gasteiger partial charge is 0.759 e. The van der Waals surface area contributed by atoms with E-state index in [0.717, 1.165) is 0 Å². The topological polar surface area (TPSA) is 124 Å². The van der Waals surface area contributed by atoms with Crippen molar-refractivity contribution in [2.24, 2.45) is 0 Å². The summed E-state index contributed by atoms with van der Waals surface area (Å²) in [7, 11) is 0. The molecule has 2 saturated heterocycles. The van der Waals surface area contributed by atoms with Crippen molar-refractivity contribution in [3.63, 3.8) is 0 Å². The lowest BCUT2D eigenvalue weighted by atomic mass is 10.4. The van der Waals surface area contributed by atoms with E-state index in [-0.39, 0.29) is 20.9 Å². The molecule has 0 aromatic carbocycles. The predicted molar refractivity (Wildman–Crippen MR) is 30.6 cm³/mol. The van der Waals surface area contributed by atoms with Crippen LogP contribution >= 0.6 is 0 Å². The first-order valence-electron chi connectivity index (χ1n) is 2.83. The minimum absolute atomic E-state index is 0.157. The van der Waals surface area contributed by atoms with Gasteiger partial charge in [0.05, 0.1) is 0 Å². The number of nitrogens with zero attached hydrogens (tertiary/aromatic N) is 4. The third-order valence-corrected chi connectivity index (χ3v) is 1.45. The average molecular weight is 178 g/mol. The van der Waals surface area contributed by atoms with Crippen molar-refractivity contribution in [3.8, 4) is 0 Å². The third-order valence-electron chi connectivity index (χ3n) is 1.45. The van der Waals surface area contributed by atoms with Crippen molar-refractivity contribution >= 4 is 0 Å². The summed E-state index contributed by atoms with van der Waals surface area (Å²) in [6.07, 6.45) is -2.98. The number of rotatable bonds is 1. The Bertz CT molecular complexity index is 154. The number of hydrogen-bond acceptors (Lipinski definition) is 10. The molecule has 0 spiro atoms. The van der Waals surface area contributed by atoms with Gasteiger partial charge in [-0.1, -0.05) is 0 Å². The van der Waals surface area contributed by atoms with Crippen molar-refractivity contribution in [3.05, 3.63) is 20.8 Å². The lowest BCUT2D eigenvalue weighted by Gasteiger charge is -2.67. The van der Waals surface area contributed by atoms with E-state index in [2.05, 4.69) is 9.88 Å². The molecule has 0 unspecified atom stereocenters. The molecule has 0 radical (unpaired) electrons. The highest BCUT2D eigenvalue weighted by Gasteiger charge is 2.41. The molecule has 12 heavy (non-hydrogen) atoms. The van der Waals surface area contributed by atoms with Gasteiger partial charge in [-0.3, -0.25) is 0 Å². The van der Waals surface area contributed by atoms with Crippen LogP contribution in [0.25, 0.3) is 0 Å². The van der Waals surface area contributed by atoms with Crippen LogP contribution in [0.15, 0.2) is 0 Å². The molecule has 10 heteroatoms. The van der Waals surface area contributed by atoms with Gasteiger partial charge in [0.25, 0.3) is 0 Å². The molecule has 0 amide bonds. The fourth-order valence-electron chi connectivity index (χ4n) is 0.858. The van der Waals surface area contributed by atoms with Gasteiger partial charge < -0.3 is 20.8 Å². The van der Waals surface area contributed by atoms with Crippen LogP contribution in [0.5, 0.6) is 0 Å². The summed E-state index contributed by atoms with van der Waals surface area (Å²) >= 11 is 0. The fourth-order valence-corrected chi connectivity index (χ4v) is 0.858. The molecule has 2 rings (SSSR count). The summed E-state index contributed by atoms with van der Waals surface area (Å²) in [6.45, 7) is 0. The monoisotopic (exact) mass is 178 g/mol. The highest BCUT2D eigenvalue weighted by molar-refractivity contribution is 4.85. The third kappa shape index (κ3) is 0.932. The second-order valence-electron chi connectivity index (χ2n) is 2.13. The van der Waals surface area contributed by atoms with Gasteiger partial charge in [0.1, 0.15) is 12.3 Å². The van der Waals surface area contributed by atoms with Crippen molar-refractivity contribution in [1.29, 1.82) is 0 Å². The summed E-state index contributed by atoms with van der Waals surface area (Å²) < 4.78 is 0. The van der Waals surface area contributed by atoms with Crippen LogP contribution in [0.4, 0.5) is 0 Å². The molecule has 0 saturated carbocycles. The Morgan fingerprint density at radius 3 is 1.08 bits per heavy atom. The van der Waals surface area contributed by atoms with Gasteiger partial charge in [0.2, 0.25) is 0 Å². The summed E-state index contributed by atoms with van der Waals surface area (Å²) in [6, 6.07) is 0. The molecule has 0 bridgehead atoms. The normalized spacial score (nSPS) is 32.0. The van der Waals surface area contributed by atoms with E-state index in [9.17, 15) is 20.8 Å². The minimum atomic E-state index is -1.49. The maximum absolute atomic E-state index is 10.4. The Hall–Kier alpha value is -0.400. The van der Waals surface area contributed by atoms with E-state index < -0.39 is 12.3 Å². The molecule has 10 nitrogen and oxygen atoms in total. The molecular weight excluding hydrogens is 176 g/mol. The SMILES string of the molecule is [O-]N1ON([O-])C1C1N([O-])ON1[O-]. The summed E-state index contributed by atoms with van der Waals surface area (Å²) in [5.41, 5.74) is 0. The van der Waals surface area contributed by atoms with Gasteiger partial charge in [0, 0.05) is 0 Å². The van der Waals surface area contributed by atoms with Crippen molar-refractivity contribution < 1.29 is 9.88 Å². The van der Waals surface area contributed by atoms with E-state index in [4.69, 9.17) is 0 Å². The van der Waals surface area contributed by atoms with Crippen LogP contribution in [0.3, 0.4) is 0 Å². The first-order valence-corrected chi connectivity index (χ1v) is 2.83. The van der Waals surface area contributed by atoms with E-state index in [1.54, 1.807) is 0 Å². The number of hydroxylamine groups is 8. The average Bonchev–Trinajstić information content (AvgIpc) is 2.01. The van der Waals surface area contributed by atoms with Crippen LogP contribution < -0.4 is 0 Å². The molecule has 0 aromatic rings. The molecular formula is C2H2N4O6-4. The summed E-state index contributed by atoms with van der Waals surface area (Å²) in [4.78, 5) is 7.55. The predicted octanol–water partition coefficient (Wildman–Crippen LogP) is -1.44. The smallest absolute Gasteiger partial charge is 0.119 e. The Labute approximate surface area is 65.2 Å². The van der Waals surface area contributed by atoms with Gasteiger partial charge in [0.15, 0.2) is 0 Å². The second kappa shape index (κ2) is 2.54. The molecule has 0 aromatic heterocycles. The van der Waals surface area contributed by atoms with E-state index in [1.165, 1.54) is 0 Å². The van der Waals surface area contributed by atoms with Gasteiger partial charge >= 0.3 is 0 Å². The van der Waals surface area contributed by atoms with Gasteiger partial charge in [-0.25, -0.2) is 30.8 Å². The number of hydrogen-bond donors (Lipinski definition) is 0. The Morgan fingerprint density at radius 2 is 0.917 bits per heavy atom. The zero-order chi connectivity index (χ0) is 8.88. The van der Waals surface area contributed by atoms with Crippen molar-refractivity contribution in [1.82, 2.24) is 20.9 Å². The van der Waals surface area contributed by atoms with Crippen molar-refractivity contribution in [2.75, 3.05) is 0 Å². The lowest BCUT2D eigenvalue weighted by Crippen LogP contribution is -2.73. The minimum Gasteiger partial charge on any atom is -0.759 e. The Kier molecular flexibility index (Phi) is 1.74. The fraction of sp³-hybridized carbons (Fsp3) is 1.00. The zero-order valence-electron chi connectivity index (χ0n) is 5.39. The maximum atomic E-state index is 10.4. The Balaban J connectivity index is 1.99. The molecule has 0 aliphatic carbocycles. The van der Waals surface area contributed by atoms with Crippen LogP contribution in [0, 0.1) is 20.8 Å². The standard InChI is InChI=1S/C2H2N4O6/c7-3-1(4(8)11-3)2-5(9)12-6(2)10/h1-2H/q-4. The first kappa shape index (κ1) is 8.21. The lowest BCUT2D eigenvalue weighted by molar-refractivity contribution is -0.533. The van der Waals surface area contributed by atoms with Crippen LogP contribution in [0.2, 0.25) is 0 Å². The highest BCUT2D eigenvalue weighted by Crippen LogP contribution is 2.31. The quantitative estimate of drug-likeness (QED) is 0.471.